The van der Waals surface area contributed by atoms with E-state index in [1.165, 1.54) is 0 Å². The van der Waals surface area contributed by atoms with Crippen LogP contribution in [0.2, 0.25) is 0 Å². The Labute approximate surface area is 288 Å². The van der Waals surface area contributed by atoms with Crippen molar-refractivity contribution in [1.82, 2.24) is 15.0 Å². The molecule has 0 amide bonds. The first-order chi connectivity index (χ1) is 26.7. The average molecular weight is 619 g/mol. The predicted molar refractivity (Wildman–Crippen MR) is 200 cm³/mol. The van der Waals surface area contributed by atoms with Crippen molar-refractivity contribution >= 4 is 32.3 Å². The number of fused-ring (bicyclic) bond motifs is 3. The van der Waals surface area contributed by atoms with E-state index < -0.39 is 36.3 Å². The summed E-state index contributed by atoms with van der Waals surface area (Å²) in [5, 5.41) is 3.72. The van der Waals surface area contributed by atoms with Gasteiger partial charge in [0, 0.05) is 16.7 Å². The molecule has 1 heterocycles. The van der Waals surface area contributed by atoms with Crippen molar-refractivity contribution in [2.45, 2.75) is 0 Å². The smallest absolute Gasteiger partial charge is 0.164 e. The SMILES string of the molecule is [2H]c1c([2H])c([2H])c2c([2H])c(-c3nc(-c4cccc(-c5ccc6cc(-c7ccccc7)ccc6c5)c4)nc(-c4cccc5ccccc45)n3)c([2H])c([2H])c2c1[2H]. The van der Waals surface area contributed by atoms with Crippen molar-refractivity contribution in [3.05, 3.63) is 176 Å². The molecule has 0 unspecified atom stereocenters. The molecule has 9 rings (SSSR count). The van der Waals surface area contributed by atoms with Crippen LogP contribution in [0.4, 0.5) is 0 Å². The molecule has 0 saturated heterocycles. The van der Waals surface area contributed by atoms with Crippen molar-refractivity contribution in [2.75, 3.05) is 0 Å². The molecule has 8 aromatic carbocycles. The summed E-state index contributed by atoms with van der Waals surface area (Å²) in [4.78, 5) is 14.6. The monoisotopic (exact) mass is 618 g/mol. The van der Waals surface area contributed by atoms with Gasteiger partial charge >= 0.3 is 0 Å². The Morgan fingerprint density at radius 3 is 1.79 bits per heavy atom. The molecule has 0 bridgehead atoms. The van der Waals surface area contributed by atoms with Crippen LogP contribution in [0.3, 0.4) is 0 Å². The lowest BCUT2D eigenvalue weighted by Gasteiger charge is -2.12. The second kappa shape index (κ2) is 11.7. The molecule has 0 fully saturated rings. The summed E-state index contributed by atoms with van der Waals surface area (Å²) >= 11 is 0. The highest BCUT2D eigenvalue weighted by atomic mass is 15.0. The molecule has 0 aliphatic carbocycles. The number of hydrogen-bond acceptors (Lipinski definition) is 3. The van der Waals surface area contributed by atoms with E-state index in [2.05, 4.69) is 48.5 Å². The third-order valence-electron chi connectivity index (χ3n) is 8.54. The normalized spacial score (nSPS) is 13.4. The van der Waals surface area contributed by atoms with Crippen molar-refractivity contribution in [3.63, 3.8) is 0 Å². The fourth-order valence-electron chi connectivity index (χ4n) is 6.12. The molecule has 0 aliphatic heterocycles. The Kier molecular flexibility index (Phi) is 5.22. The zero-order valence-corrected chi connectivity index (χ0v) is 25.5. The largest absolute Gasteiger partial charge is 0.208 e. The van der Waals surface area contributed by atoms with Gasteiger partial charge in [-0.25, -0.2) is 15.0 Å². The summed E-state index contributed by atoms with van der Waals surface area (Å²) in [6.45, 7) is 0. The third kappa shape index (κ3) is 5.18. The lowest BCUT2D eigenvalue weighted by atomic mass is 9.97. The summed E-state index contributed by atoms with van der Waals surface area (Å²) in [5.74, 6) is 0.530. The van der Waals surface area contributed by atoms with Crippen LogP contribution in [0.1, 0.15) is 9.60 Å². The average Bonchev–Trinajstić information content (AvgIpc) is 3.23. The fraction of sp³-hybridized carbons (Fsp3) is 0. The highest BCUT2D eigenvalue weighted by molar-refractivity contribution is 5.96. The van der Waals surface area contributed by atoms with Gasteiger partial charge in [0.2, 0.25) is 0 Å². The standard InChI is InChI=1S/C45H29N3/c1-2-10-30(11-3-1)35-21-22-38-27-36(23-24-37(38)26-35)34-16-8-17-39(29-34)43-46-44(40-25-20-31-12-4-5-14-33(31)28-40)48-45(47-43)42-19-9-15-32-13-6-7-18-41(32)42/h1-29H/i4D,5D,12D,14D,20D,25D,28D. The second-order valence-corrected chi connectivity index (χ2v) is 11.6. The minimum Gasteiger partial charge on any atom is -0.208 e. The summed E-state index contributed by atoms with van der Waals surface area (Å²) in [7, 11) is 0. The van der Waals surface area contributed by atoms with E-state index in [0.717, 1.165) is 43.8 Å². The van der Waals surface area contributed by atoms with Gasteiger partial charge in [-0.05, 0) is 78.8 Å². The zero-order chi connectivity index (χ0) is 38.0. The van der Waals surface area contributed by atoms with Crippen molar-refractivity contribution in [3.8, 4) is 56.4 Å². The molecule has 224 valence electrons. The molecule has 0 radical (unpaired) electrons. The molecule has 3 nitrogen and oxygen atoms in total. The number of rotatable bonds is 5. The van der Waals surface area contributed by atoms with Crippen LogP contribution >= 0.6 is 0 Å². The van der Waals surface area contributed by atoms with E-state index in [4.69, 9.17) is 23.2 Å². The number of benzene rings is 8. The van der Waals surface area contributed by atoms with E-state index >= 15 is 0 Å². The first kappa shape index (κ1) is 21.4. The molecular weight excluding hydrogens is 583 g/mol. The van der Waals surface area contributed by atoms with Crippen LogP contribution < -0.4 is 0 Å². The molecule has 0 N–H and O–H groups in total. The van der Waals surface area contributed by atoms with Gasteiger partial charge < -0.3 is 0 Å². The van der Waals surface area contributed by atoms with Gasteiger partial charge in [0.05, 0.1) is 9.60 Å². The van der Waals surface area contributed by atoms with Gasteiger partial charge in [-0.3, -0.25) is 0 Å². The third-order valence-corrected chi connectivity index (χ3v) is 8.54. The van der Waals surface area contributed by atoms with Crippen LogP contribution in [0.15, 0.2) is 176 Å². The van der Waals surface area contributed by atoms with Gasteiger partial charge in [-0.15, -0.1) is 0 Å². The Hall–Kier alpha value is -6.45. The summed E-state index contributed by atoms with van der Waals surface area (Å²) < 4.78 is 60.7. The second-order valence-electron chi connectivity index (χ2n) is 11.6. The van der Waals surface area contributed by atoms with E-state index in [1.807, 2.05) is 84.9 Å². The first-order valence-corrected chi connectivity index (χ1v) is 15.6. The van der Waals surface area contributed by atoms with Gasteiger partial charge in [0.15, 0.2) is 17.5 Å². The maximum absolute atomic E-state index is 9.22. The van der Waals surface area contributed by atoms with Crippen molar-refractivity contribution in [1.29, 1.82) is 0 Å². The Morgan fingerprint density at radius 2 is 0.958 bits per heavy atom. The van der Waals surface area contributed by atoms with Gasteiger partial charge in [0.1, 0.15) is 0 Å². The lowest BCUT2D eigenvalue weighted by molar-refractivity contribution is 1.08. The van der Waals surface area contributed by atoms with Crippen molar-refractivity contribution in [2.24, 2.45) is 0 Å². The Balaban J connectivity index is 1.23. The number of aromatic nitrogens is 3. The summed E-state index contributed by atoms with van der Waals surface area (Å²) in [6, 6.07) is 41.3. The van der Waals surface area contributed by atoms with E-state index in [-0.39, 0.29) is 34.0 Å². The maximum atomic E-state index is 9.22. The molecule has 0 spiro atoms. The maximum Gasteiger partial charge on any atom is 0.164 e. The van der Waals surface area contributed by atoms with E-state index in [9.17, 15) is 1.37 Å². The van der Waals surface area contributed by atoms with E-state index in [1.54, 1.807) is 0 Å². The van der Waals surface area contributed by atoms with Gasteiger partial charge in [-0.2, -0.15) is 0 Å². The summed E-state index contributed by atoms with van der Waals surface area (Å²) in [5.41, 5.74) is 5.47. The van der Waals surface area contributed by atoms with Crippen LogP contribution in [0.25, 0.3) is 88.7 Å². The number of nitrogens with zero attached hydrogens (tertiary/aromatic N) is 3. The predicted octanol–water partition coefficient (Wildman–Crippen LogP) is 11.7. The van der Waals surface area contributed by atoms with Crippen LogP contribution in [0.5, 0.6) is 0 Å². The Bertz CT molecular complexity index is 3020. The summed E-state index contributed by atoms with van der Waals surface area (Å²) in [6.07, 6.45) is 0. The highest BCUT2D eigenvalue weighted by Crippen LogP contribution is 2.33. The quantitative estimate of drug-likeness (QED) is 0.193. The van der Waals surface area contributed by atoms with Crippen LogP contribution in [-0.2, 0) is 0 Å². The topological polar surface area (TPSA) is 38.7 Å². The molecule has 3 heteroatoms. The van der Waals surface area contributed by atoms with Gasteiger partial charge in [0.25, 0.3) is 0 Å². The highest BCUT2D eigenvalue weighted by Gasteiger charge is 2.15. The first-order valence-electron chi connectivity index (χ1n) is 19.1. The minimum atomic E-state index is -0.526. The zero-order valence-electron chi connectivity index (χ0n) is 32.5. The minimum absolute atomic E-state index is 0.0453. The molecular formula is C45H29N3. The van der Waals surface area contributed by atoms with Crippen LogP contribution in [0, 0.1) is 0 Å². The molecule has 0 atom stereocenters. The molecule has 0 aliphatic rings. The lowest BCUT2D eigenvalue weighted by Crippen LogP contribution is -2.00. The van der Waals surface area contributed by atoms with Crippen LogP contribution in [-0.4, -0.2) is 15.0 Å². The fourth-order valence-corrected chi connectivity index (χ4v) is 6.12. The van der Waals surface area contributed by atoms with Gasteiger partial charge in [-0.1, -0.05) is 152 Å². The Morgan fingerprint density at radius 1 is 0.354 bits per heavy atom. The number of hydrogen-bond donors (Lipinski definition) is 0. The van der Waals surface area contributed by atoms with Crippen molar-refractivity contribution < 1.29 is 9.60 Å². The molecule has 48 heavy (non-hydrogen) atoms. The molecule has 0 saturated carbocycles. The molecule has 1 aromatic heterocycles. The molecule has 9 aromatic rings. The van der Waals surface area contributed by atoms with E-state index in [0.29, 0.717) is 17.0 Å².